The van der Waals surface area contributed by atoms with Crippen molar-refractivity contribution in [3.05, 3.63) is 71.5 Å². The van der Waals surface area contributed by atoms with Crippen molar-refractivity contribution in [3.63, 3.8) is 0 Å². The van der Waals surface area contributed by atoms with Gasteiger partial charge in [0.25, 0.3) is 0 Å². The summed E-state index contributed by atoms with van der Waals surface area (Å²) in [7, 11) is 0. The molecule has 0 bridgehead atoms. The fourth-order valence-corrected chi connectivity index (χ4v) is 2.50. The fraction of sp³-hybridized carbons (Fsp3) is 0.0556. The van der Waals surface area contributed by atoms with Gasteiger partial charge in [0.15, 0.2) is 0 Å². The van der Waals surface area contributed by atoms with Crippen LogP contribution in [0, 0.1) is 5.82 Å². The van der Waals surface area contributed by atoms with Gasteiger partial charge in [-0.15, -0.1) is 0 Å². The molecule has 2 N–H and O–H groups in total. The first kappa shape index (κ1) is 15.3. The molecule has 0 saturated heterocycles. The van der Waals surface area contributed by atoms with Gasteiger partial charge in [0, 0.05) is 16.1 Å². The zero-order valence-electron chi connectivity index (χ0n) is 12.1. The van der Waals surface area contributed by atoms with Gasteiger partial charge < -0.3 is 10.6 Å². The summed E-state index contributed by atoms with van der Waals surface area (Å²) < 4.78 is 13.7. The van der Waals surface area contributed by atoms with Crippen molar-refractivity contribution in [3.8, 4) is 0 Å². The third kappa shape index (κ3) is 3.60. The Balaban J connectivity index is 1.69. The van der Waals surface area contributed by atoms with Crippen molar-refractivity contribution in [1.29, 1.82) is 0 Å². The van der Waals surface area contributed by atoms with E-state index < -0.39 is 5.82 Å². The van der Waals surface area contributed by atoms with E-state index in [4.69, 9.17) is 11.6 Å². The van der Waals surface area contributed by atoms with Crippen LogP contribution in [0.25, 0.3) is 10.8 Å². The Morgan fingerprint density at radius 1 is 1.00 bits per heavy atom. The molecule has 0 aliphatic heterocycles. The van der Waals surface area contributed by atoms with E-state index in [9.17, 15) is 9.18 Å². The van der Waals surface area contributed by atoms with E-state index in [1.54, 1.807) is 6.07 Å². The standard InChI is InChI=1S/C18H14ClFN2O/c19-13-8-9-17(15(20)10-13)21-11-18(23)22-16-7-3-5-12-4-1-2-6-14(12)16/h1-10,21H,11H2,(H,22,23). The molecule has 0 radical (unpaired) electrons. The molecular weight excluding hydrogens is 315 g/mol. The second-order valence-corrected chi connectivity index (χ2v) is 5.49. The summed E-state index contributed by atoms with van der Waals surface area (Å²) in [5, 5.41) is 7.91. The molecule has 3 aromatic rings. The predicted octanol–water partition coefficient (Wildman–Crippen LogP) is 4.68. The summed E-state index contributed by atoms with van der Waals surface area (Å²) in [4.78, 5) is 12.1. The number of nitrogens with one attached hydrogen (secondary N) is 2. The van der Waals surface area contributed by atoms with Gasteiger partial charge in [0.2, 0.25) is 5.91 Å². The summed E-state index contributed by atoms with van der Waals surface area (Å²) in [5.74, 6) is -0.744. The lowest BCUT2D eigenvalue weighted by Crippen LogP contribution is -2.22. The molecule has 1 amide bonds. The van der Waals surface area contributed by atoms with Gasteiger partial charge in [-0.3, -0.25) is 4.79 Å². The highest BCUT2D eigenvalue weighted by Crippen LogP contribution is 2.23. The third-order valence-electron chi connectivity index (χ3n) is 3.43. The molecule has 0 aliphatic rings. The van der Waals surface area contributed by atoms with E-state index in [2.05, 4.69) is 10.6 Å². The predicted molar refractivity (Wildman–Crippen MR) is 92.5 cm³/mol. The number of rotatable bonds is 4. The van der Waals surface area contributed by atoms with Crippen molar-refractivity contribution < 1.29 is 9.18 Å². The quantitative estimate of drug-likeness (QED) is 0.730. The zero-order valence-corrected chi connectivity index (χ0v) is 12.9. The maximum Gasteiger partial charge on any atom is 0.243 e. The Hall–Kier alpha value is -2.59. The lowest BCUT2D eigenvalue weighted by molar-refractivity contribution is -0.114. The number of anilines is 2. The Bertz CT molecular complexity index is 861. The van der Waals surface area contributed by atoms with E-state index in [-0.39, 0.29) is 18.1 Å². The van der Waals surface area contributed by atoms with Crippen LogP contribution >= 0.6 is 11.6 Å². The molecule has 0 spiro atoms. The van der Waals surface area contributed by atoms with E-state index in [0.717, 1.165) is 16.5 Å². The van der Waals surface area contributed by atoms with Crippen LogP contribution in [-0.4, -0.2) is 12.5 Å². The van der Waals surface area contributed by atoms with Crippen molar-refractivity contribution in [2.45, 2.75) is 0 Å². The van der Waals surface area contributed by atoms with Crippen LogP contribution < -0.4 is 10.6 Å². The molecule has 0 atom stereocenters. The number of fused-ring (bicyclic) bond motifs is 1. The van der Waals surface area contributed by atoms with Crippen molar-refractivity contribution >= 4 is 39.7 Å². The minimum absolute atomic E-state index is 0.0399. The summed E-state index contributed by atoms with van der Waals surface area (Å²) in [6, 6.07) is 17.7. The average molecular weight is 329 g/mol. The van der Waals surface area contributed by atoms with Gasteiger partial charge in [0.1, 0.15) is 5.82 Å². The number of amides is 1. The summed E-state index contributed by atoms with van der Waals surface area (Å²) >= 11 is 5.70. The van der Waals surface area contributed by atoms with Gasteiger partial charge in [-0.2, -0.15) is 0 Å². The highest BCUT2D eigenvalue weighted by atomic mass is 35.5. The lowest BCUT2D eigenvalue weighted by atomic mass is 10.1. The monoisotopic (exact) mass is 328 g/mol. The molecule has 0 heterocycles. The number of halogens is 2. The normalized spacial score (nSPS) is 10.5. The first-order chi connectivity index (χ1) is 11.1. The number of hydrogen-bond acceptors (Lipinski definition) is 2. The molecule has 0 aliphatic carbocycles. The number of carbonyl (C=O) groups is 1. The minimum atomic E-state index is -0.490. The molecule has 3 aromatic carbocycles. The van der Waals surface area contributed by atoms with Gasteiger partial charge in [-0.05, 0) is 29.7 Å². The third-order valence-corrected chi connectivity index (χ3v) is 3.67. The second kappa shape index (κ2) is 6.67. The summed E-state index contributed by atoms with van der Waals surface area (Å²) in [6.07, 6.45) is 0. The molecule has 5 heteroatoms. The van der Waals surface area contributed by atoms with Gasteiger partial charge in [0.05, 0.1) is 12.2 Å². The Morgan fingerprint density at radius 2 is 1.78 bits per heavy atom. The molecule has 23 heavy (non-hydrogen) atoms. The largest absolute Gasteiger partial charge is 0.374 e. The average Bonchev–Trinajstić information content (AvgIpc) is 2.54. The van der Waals surface area contributed by atoms with Gasteiger partial charge in [-0.25, -0.2) is 4.39 Å². The van der Waals surface area contributed by atoms with E-state index in [1.165, 1.54) is 12.1 Å². The molecule has 116 valence electrons. The second-order valence-electron chi connectivity index (χ2n) is 5.05. The van der Waals surface area contributed by atoms with Gasteiger partial charge >= 0.3 is 0 Å². The van der Waals surface area contributed by atoms with E-state index in [1.807, 2.05) is 42.5 Å². The van der Waals surface area contributed by atoms with Gasteiger partial charge in [-0.1, -0.05) is 48.0 Å². The van der Waals surface area contributed by atoms with Crippen LogP contribution in [0.15, 0.2) is 60.7 Å². The Morgan fingerprint density at radius 3 is 2.61 bits per heavy atom. The van der Waals surface area contributed by atoms with Crippen LogP contribution in [0.4, 0.5) is 15.8 Å². The van der Waals surface area contributed by atoms with E-state index >= 15 is 0 Å². The fourth-order valence-electron chi connectivity index (χ4n) is 2.34. The summed E-state index contributed by atoms with van der Waals surface area (Å²) in [5.41, 5.74) is 0.967. The number of benzene rings is 3. The van der Waals surface area contributed by atoms with Crippen LogP contribution in [0.2, 0.25) is 5.02 Å². The smallest absolute Gasteiger partial charge is 0.243 e. The zero-order chi connectivity index (χ0) is 16.2. The van der Waals surface area contributed by atoms with Crippen LogP contribution in [0.5, 0.6) is 0 Å². The molecule has 0 saturated carbocycles. The van der Waals surface area contributed by atoms with Crippen molar-refractivity contribution in [2.75, 3.05) is 17.2 Å². The Labute approximate surface area is 138 Å². The lowest BCUT2D eigenvalue weighted by Gasteiger charge is -2.10. The van der Waals surface area contributed by atoms with Crippen LogP contribution in [-0.2, 0) is 4.79 Å². The molecule has 0 fully saturated rings. The molecule has 0 aromatic heterocycles. The first-order valence-electron chi connectivity index (χ1n) is 7.10. The minimum Gasteiger partial charge on any atom is -0.374 e. The highest BCUT2D eigenvalue weighted by molar-refractivity contribution is 6.30. The number of carbonyl (C=O) groups excluding carboxylic acids is 1. The molecular formula is C18H14ClFN2O. The maximum atomic E-state index is 13.7. The van der Waals surface area contributed by atoms with Crippen molar-refractivity contribution in [2.24, 2.45) is 0 Å². The molecule has 0 unspecified atom stereocenters. The van der Waals surface area contributed by atoms with E-state index in [0.29, 0.717) is 5.02 Å². The Kier molecular flexibility index (Phi) is 4.44. The molecule has 3 nitrogen and oxygen atoms in total. The maximum absolute atomic E-state index is 13.7. The van der Waals surface area contributed by atoms with Crippen molar-refractivity contribution in [1.82, 2.24) is 0 Å². The molecule has 3 rings (SSSR count). The SMILES string of the molecule is O=C(CNc1ccc(Cl)cc1F)Nc1cccc2ccccc12. The topological polar surface area (TPSA) is 41.1 Å². The first-order valence-corrected chi connectivity index (χ1v) is 7.48. The van der Waals surface area contributed by atoms with Crippen LogP contribution in [0.1, 0.15) is 0 Å². The number of hydrogen-bond donors (Lipinski definition) is 2. The van der Waals surface area contributed by atoms with Crippen LogP contribution in [0.3, 0.4) is 0 Å². The summed E-state index contributed by atoms with van der Waals surface area (Å²) in [6.45, 7) is -0.0399. The highest BCUT2D eigenvalue weighted by Gasteiger charge is 2.07.